The van der Waals surface area contributed by atoms with Crippen molar-refractivity contribution in [1.29, 1.82) is 5.26 Å². The summed E-state index contributed by atoms with van der Waals surface area (Å²) in [5.74, 6) is 1.07. The zero-order chi connectivity index (χ0) is 28.9. The van der Waals surface area contributed by atoms with Crippen LogP contribution in [0.15, 0.2) is 72.2 Å². The second-order valence-corrected chi connectivity index (χ2v) is 8.71. The lowest BCUT2D eigenvalue weighted by Crippen LogP contribution is -2.48. The minimum atomic E-state index is -4.67. The molecule has 9 heteroatoms. The Kier molecular flexibility index (Phi) is 12.6. The molecule has 0 radical (unpaired) electrons. The van der Waals surface area contributed by atoms with Gasteiger partial charge in [0.05, 0.1) is 40.7 Å². The molecular formula is C29H37F3N4O2. The maximum atomic E-state index is 13.5. The van der Waals surface area contributed by atoms with Gasteiger partial charge in [0, 0.05) is 31.7 Å². The van der Waals surface area contributed by atoms with E-state index in [1.807, 2.05) is 44.2 Å². The SMILES string of the molecule is C=C(N(C)C/C=C(\C(C#N)=C/C)C(F)(F)F)N(CCCOc1ccc2ncccc2c1)C(C)(C)C=O.CC. The number of likely N-dealkylation sites (N-methyl/N-ethyl adjacent to an activating group) is 1. The molecule has 0 bridgehead atoms. The summed E-state index contributed by atoms with van der Waals surface area (Å²) in [5.41, 5.74) is -1.54. The fourth-order valence-corrected chi connectivity index (χ4v) is 3.57. The predicted octanol–water partition coefficient (Wildman–Crippen LogP) is 6.67. The molecule has 1 heterocycles. The highest BCUT2D eigenvalue weighted by atomic mass is 19.4. The molecule has 0 fully saturated rings. The van der Waals surface area contributed by atoms with E-state index < -0.39 is 22.9 Å². The number of aldehydes is 1. The Balaban J connectivity index is 0.00000352. The minimum Gasteiger partial charge on any atom is -0.494 e. The van der Waals surface area contributed by atoms with Gasteiger partial charge >= 0.3 is 6.18 Å². The molecule has 0 atom stereocenters. The van der Waals surface area contributed by atoms with Crippen LogP contribution in [0.25, 0.3) is 10.9 Å². The van der Waals surface area contributed by atoms with E-state index in [1.165, 1.54) is 11.8 Å². The number of hydrogen-bond acceptors (Lipinski definition) is 6. The molecule has 0 aliphatic rings. The Morgan fingerprint density at radius 1 is 1.24 bits per heavy atom. The van der Waals surface area contributed by atoms with Gasteiger partial charge in [-0.25, -0.2) is 0 Å². The third-order valence-electron chi connectivity index (χ3n) is 5.68. The van der Waals surface area contributed by atoms with E-state index >= 15 is 0 Å². The minimum absolute atomic E-state index is 0.153. The number of benzene rings is 1. The van der Waals surface area contributed by atoms with Crippen molar-refractivity contribution >= 4 is 17.2 Å². The van der Waals surface area contributed by atoms with Crippen molar-refractivity contribution in [3.8, 4) is 11.8 Å². The number of nitriles is 1. The van der Waals surface area contributed by atoms with Crippen LogP contribution in [0.4, 0.5) is 13.2 Å². The summed E-state index contributed by atoms with van der Waals surface area (Å²) < 4.78 is 46.2. The van der Waals surface area contributed by atoms with E-state index in [2.05, 4.69) is 11.6 Å². The van der Waals surface area contributed by atoms with E-state index in [9.17, 15) is 18.0 Å². The third-order valence-corrected chi connectivity index (χ3v) is 5.68. The summed E-state index contributed by atoms with van der Waals surface area (Å²) in [7, 11) is 1.59. The maximum Gasteiger partial charge on any atom is 0.417 e. The van der Waals surface area contributed by atoms with Gasteiger partial charge < -0.3 is 19.3 Å². The quantitative estimate of drug-likeness (QED) is 0.132. The number of allylic oxidation sites excluding steroid dienone is 3. The van der Waals surface area contributed by atoms with E-state index in [4.69, 9.17) is 10.00 Å². The van der Waals surface area contributed by atoms with Crippen LogP contribution in [0.1, 0.15) is 41.0 Å². The second-order valence-electron chi connectivity index (χ2n) is 8.71. The summed E-state index contributed by atoms with van der Waals surface area (Å²) in [6, 6.07) is 11.0. The number of pyridine rings is 1. The summed E-state index contributed by atoms with van der Waals surface area (Å²) in [6.07, 6.45) is 0.440. The highest BCUT2D eigenvalue weighted by Gasteiger charge is 2.36. The molecule has 0 aliphatic carbocycles. The third kappa shape index (κ3) is 8.94. The zero-order valence-electron chi connectivity index (χ0n) is 23.0. The number of rotatable bonds is 12. The van der Waals surface area contributed by atoms with Crippen molar-refractivity contribution < 1.29 is 22.7 Å². The molecule has 0 unspecified atom stereocenters. The Bertz CT molecular complexity index is 1180. The lowest BCUT2D eigenvalue weighted by atomic mass is 10.0. The van der Waals surface area contributed by atoms with Gasteiger partial charge in [-0.05, 0) is 51.5 Å². The Morgan fingerprint density at radius 3 is 2.50 bits per heavy atom. The molecular weight excluding hydrogens is 493 g/mol. The van der Waals surface area contributed by atoms with Crippen molar-refractivity contribution in [2.24, 2.45) is 0 Å². The topological polar surface area (TPSA) is 69.5 Å². The first-order valence-corrected chi connectivity index (χ1v) is 12.4. The first kappa shape index (κ1) is 32.2. The number of alkyl halides is 3. The van der Waals surface area contributed by atoms with E-state index in [1.54, 1.807) is 38.1 Å². The van der Waals surface area contributed by atoms with Gasteiger partial charge in [-0.15, -0.1) is 0 Å². The first-order valence-electron chi connectivity index (χ1n) is 12.4. The van der Waals surface area contributed by atoms with E-state index in [-0.39, 0.29) is 6.54 Å². The highest BCUT2D eigenvalue weighted by Crippen LogP contribution is 2.31. The standard InChI is InChI=1S/C27H31F3N4O2.C2H6/c1-6-21(18-31)24(27(28,29)30)12-15-33(5)20(2)34(26(3,4)19-35)14-8-16-36-23-10-11-25-22(17-23)9-7-13-32-25;1-2/h6-7,9-13,17,19H,2,8,14-16H2,1,3-5H3;1-2H3/b21-6-,24-12+;. The molecule has 1 aromatic carbocycles. The lowest BCUT2D eigenvalue weighted by Gasteiger charge is -2.41. The second kappa shape index (κ2) is 14.8. The molecule has 0 spiro atoms. The van der Waals surface area contributed by atoms with Crippen LogP contribution in [0.3, 0.4) is 0 Å². The molecule has 2 rings (SSSR count). The molecule has 0 N–H and O–H groups in total. The van der Waals surface area contributed by atoms with E-state index in [0.29, 0.717) is 31.1 Å². The molecule has 38 heavy (non-hydrogen) atoms. The zero-order valence-corrected chi connectivity index (χ0v) is 23.0. The number of carbonyl (C=O) groups excluding carboxylic acids is 1. The van der Waals surface area contributed by atoms with Gasteiger partial charge in [0.15, 0.2) is 0 Å². The van der Waals surface area contributed by atoms with Crippen LogP contribution in [0, 0.1) is 11.3 Å². The smallest absolute Gasteiger partial charge is 0.417 e. The Labute approximate surface area is 223 Å². The number of aromatic nitrogens is 1. The lowest BCUT2D eigenvalue weighted by molar-refractivity contribution is -0.116. The number of halogens is 3. The van der Waals surface area contributed by atoms with Gasteiger partial charge in [0.1, 0.15) is 12.0 Å². The van der Waals surface area contributed by atoms with Crippen LogP contribution in [-0.4, -0.2) is 59.5 Å². The van der Waals surface area contributed by atoms with Crippen LogP contribution in [0.5, 0.6) is 5.75 Å². The predicted molar refractivity (Wildman–Crippen MR) is 145 cm³/mol. The van der Waals surface area contributed by atoms with Crippen molar-refractivity contribution in [1.82, 2.24) is 14.8 Å². The number of carbonyl (C=O) groups is 1. The average molecular weight is 531 g/mol. The number of hydrogen-bond donors (Lipinski definition) is 0. The summed E-state index contributed by atoms with van der Waals surface area (Å²) in [5, 5.41) is 10.0. The number of nitrogens with zero attached hydrogens (tertiary/aromatic N) is 4. The van der Waals surface area contributed by atoms with Gasteiger partial charge in [-0.3, -0.25) is 4.98 Å². The molecule has 0 aliphatic heterocycles. The fourth-order valence-electron chi connectivity index (χ4n) is 3.57. The Morgan fingerprint density at radius 2 is 1.92 bits per heavy atom. The van der Waals surface area contributed by atoms with Crippen molar-refractivity contribution in [3.63, 3.8) is 0 Å². The average Bonchev–Trinajstić information content (AvgIpc) is 2.90. The number of ether oxygens (including phenoxy) is 1. The summed E-state index contributed by atoms with van der Waals surface area (Å²) in [4.78, 5) is 19.3. The van der Waals surface area contributed by atoms with E-state index in [0.717, 1.165) is 29.3 Å². The summed E-state index contributed by atoms with van der Waals surface area (Å²) in [6.45, 7) is 13.4. The van der Waals surface area contributed by atoms with Crippen LogP contribution in [0.2, 0.25) is 0 Å². The largest absolute Gasteiger partial charge is 0.494 e. The molecule has 206 valence electrons. The van der Waals surface area contributed by atoms with Crippen LogP contribution < -0.4 is 4.74 Å². The molecule has 0 saturated heterocycles. The molecule has 0 amide bonds. The van der Waals surface area contributed by atoms with Crippen LogP contribution in [-0.2, 0) is 4.79 Å². The van der Waals surface area contributed by atoms with Gasteiger partial charge in [0.25, 0.3) is 0 Å². The monoisotopic (exact) mass is 530 g/mol. The fraction of sp³-hybridized carbons (Fsp3) is 0.414. The van der Waals surface area contributed by atoms with Crippen LogP contribution >= 0.6 is 0 Å². The Hall–Kier alpha value is -3.80. The van der Waals surface area contributed by atoms with Crippen molar-refractivity contribution in [2.45, 2.75) is 52.8 Å². The normalized spacial score (nSPS) is 12.2. The van der Waals surface area contributed by atoms with Crippen molar-refractivity contribution in [3.05, 3.63) is 72.2 Å². The van der Waals surface area contributed by atoms with Crippen molar-refractivity contribution in [2.75, 3.05) is 26.7 Å². The highest BCUT2D eigenvalue weighted by molar-refractivity contribution is 5.79. The van der Waals surface area contributed by atoms with Gasteiger partial charge in [0.2, 0.25) is 0 Å². The molecule has 2 aromatic rings. The van der Waals surface area contributed by atoms with Gasteiger partial charge in [-0.2, -0.15) is 18.4 Å². The molecule has 1 aromatic heterocycles. The van der Waals surface area contributed by atoms with Gasteiger partial charge in [-0.1, -0.05) is 38.6 Å². The first-order chi connectivity index (χ1) is 17.9. The molecule has 0 saturated carbocycles. The maximum absolute atomic E-state index is 13.5. The molecule has 6 nitrogen and oxygen atoms in total. The number of fused-ring (bicyclic) bond motifs is 1. The summed E-state index contributed by atoms with van der Waals surface area (Å²) >= 11 is 0.